The largest absolute Gasteiger partial charge is 0.493 e. The lowest BCUT2D eigenvalue weighted by Gasteiger charge is -2.40. The molecule has 0 radical (unpaired) electrons. The van der Waals surface area contributed by atoms with Crippen molar-refractivity contribution in [3.05, 3.63) is 77.0 Å². The quantitative estimate of drug-likeness (QED) is 0.499. The second kappa shape index (κ2) is 9.34. The van der Waals surface area contributed by atoms with Crippen LogP contribution in [0.15, 0.2) is 64.5 Å². The Morgan fingerprint density at radius 3 is 2.68 bits per heavy atom. The molecule has 0 aliphatic carbocycles. The Labute approximate surface area is 201 Å². The maximum atomic E-state index is 13.4. The highest BCUT2D eigenvalue weighted by molar-refractivity contribution is 8.03. The Hall–Kier alpha value is -3.59. The number of benzene rings is 2. The SMILES string of the molecule is CCOc1ccccc1-c1noc(CN2C(=O)N(Cc3ccc(C)cc3)C(=O)C3SC=CC32)n1. The van der Waals surface area contributed by atoms with Crippen LogP contribution in [0.1, 0.15) is 23.9 Å². The number of amides is 3. The summed E-state index contributed by atoms with van der Waals surface area (Å²) >= 11 is 1.43. The van der Waals surface area contributed by atoms with Crippen LogP contribution in [0.3, 0.4) is 0 Å². The number of carbonyl (C=O) groups excluding carboxylic acids is 2. The van der Waals surface area contributed by atoms with E-state index in [0.717, 1.165) is 16.7 Å². The molecule has 2 unspecified atom stereocenters. The molecule has 2 atom stereocenters. The summed E-state index contributed by atoms with van der Waals surface area (Å²) in [6, 6.07) is 14.6. The van der Waals surface area contributed by atoms with Crippen molar-refractivity contribution < 1.29 is 18.8 Å². The van der Waals surface area contributed by atoms with Gasteiger partial charge in [0.25, 0.3) is 0 Å². The third-order valence-corrected chi connectivity index (χ3v) is 6.91. The molecular formula is C25H24N4O4S. The van der Waals surface area contributed by atoms with E-state index in [1.165, 1.54) is 16.7 Å². The smallest absolute Gasteiger partial charge is 0.328 e. The fourth-order valence-electron chi connectivity index (χ4n) is 4.10. The molecular weight excluding hydrogens is 452 g/mol. The van der Waals surface area contributed by atoms with Crippen molar-refractivity contribution in [2.45, 2.75) is 38.2 Å². The van der Waals surface area contributed by atoms with Gasteiger partial charge in [-0.15, -0.1) is 11.8 Å². The van der Waals surface area contributed by atoms with Crippen LogP contribution in [-0.2, 0) is 17.9 Å². The number of fused-ring (bicyclic) bond motifs is 1. The minimum Gasteiger partial charge on any atom is -0.493 e. The van der Waals surface area contributed by atoms with Gasteiger partial charge in [0.05, 0.1) is 24.8 Å². The summed E-state index contributed by atoms with van der Waals surface area (Å²) in [5, 5.41) is 5.60. The molecule has 8 nitrogen and oxygen atoms in total. The second-order valence-electron chi connectivity index (χ2n) is 8.14. The highest BCUT2D eigenvalue weighted by Crippen LogP contribution is 2.36. The Balaban J connectivity index is 1.39. The van der Waals surface area contributed by atoms with Crippen LogP contribution in [0.25, 0.3) is 11.4 Å². The summed E-state index contributed by atoms with van der Waals surface area (Å²) in [7, 11) is 0. The minimum atomic E-state index is -0.385. The Bertz CT molecular complexity index is 1240. The van der Waals surface area contributed by atoms with Gasteiger partial charge in [-0.3, -0.25) is 9.69 Å². The lowest BCUT2D eigenvalue weighted by molar-refractivity contribution is -0.132. The maximum absolute atomic E-state index is 13.4. The Morgan fingerprint density at radius 1 is 1.09 bits per heavy atom. The molecule has 0 spiro atoms. The van der Waals surface area contributed by atoms with Crippen LogP contribution in [-0.4, -0.2) is 49.8 Å². The molecule has 3 heterocycles. The van der Waals surface area contributed by atoms with Gasteiger partial charge < -0.3 is 14.2 Å². The van der Waals surface area contributed by atoms with E-state index in [4.69, 9.17) is 9.26 Å². The van der Waals surface area contributed by atoms with E-state index < -0.39 is 0 Å². The minimum absolute atomic E-state index is 0.104. The van der Waals surface area contributed by atoms with Crippen molar-refractivity contribution >= 4 is 23.7 Å². The summed E-state index contributed by atoms with van der Waals surface area (Å²) in [5.74, 6) is 1.17. The molecule has 9 heteroatoms. The van der Waals surface area contributed by atoms with Crippen molar-refractivity contribution in [1.29, 1.82) is 0 Å². The number of para-hydroxylation sites is 1. The van der Waals surface area contributed by atoms with Gasteiger partial charge in [0.15, 0.2) is 0 Å². The summed E-state index contributed by atoms with van der Waals surface area (Å²) in [6.07, 6.45) is 1.88. The van der Waals surface area contributed by atoms with E-state index in [0.29, 0.717) is 24.1 Å². The van der Waals surface area contributed by atoms with Gasteiger partial charge in [-0.2, -0.15) is 4.98 Å². The number of hydrogen-bond acceptors (Lipinski definition) is 7. The fourth-order valence-corrected chi connectivity index (χ4v) is 5.16. The highest BCUT2D eigenvalue weighted by atomic mass is 32.2. The third kappa shape index (κ3) is 4.19. The fraction of sp³-hybridized carbons (Fsp3) is 0.280. The predicted octanol–water partition coefficient (Wildman–Crippen LogP) is 4.41. The predicted molar refractivity (Wildman–Crippen MR) is 128 cm³/mol. The average Bonchev–Trinajstić information content (AvgIpc) is 3.51. The number of carbonyl (C=O) groups is 2. The molecule has 5 rings (SSSR count). The maximum Gasteiger partial charge on any atom is 0.328 e. The first-order chi connectivity index (χ1) is 16.5. The second-order valence-corrected chi connectivity index (χ2v) is 9.19. The van der Waals surface area contributed by atoms with Gasteiger partial charge >= 0.3 is 6.03 Å². The van der Waals surface area contributed by atoms with Crippen LogP contribution < -0.4 is 4.74 Å². The summed E-state index contributed by atoms with van der Waals surface area (Å²) in [6.45, 7) is 4.75. The molecule has 1 aromatic heterocycles. The van der Waals surface area contributed by atoms with Gasteiger partial charge in [-0.05, 0) is 37.0 Å². The number of hydrogen-bond donors (Lipinski definition) is 0. The lowest BCUT2D eigenvalue weighted by Crippen LogP contribution is -2.61. The Morgan fingerprint density at radius 2 is 1.88 bits per heavy atom. The van der Waals surface area contributed by atoms with Gasteiger partial charge in [0.1, 0.15) is 17.5 Å². The van der Waals surface area contributed by atoms with E-state index in [-0.39, 0.29) is 36.3 Å². The molecule has 2 aliphatic rings. The van der Waals surface area contributed by atoms with Crippen molar-refractivity contribution in [2.24, 2.45) is 0 Å². The number of thioether (sulfide) groups is 1. The zero-order chi connectivity index (χ0) is 23.7. The molecule has 1 saturated heterocycles. The number of rotatable bonds is 7. The molecule has 34 heavy (non-hydrogen) atoms. The number of ether oxygens (including phenoxy) is 1. The molecule has 0 bridgehead atoms. The van der Waals surface area contributed by atoms with Crippen molar-refractivity contribution in [3.8, 4) is 17.1 Å². The van der Waals surface area contributed by atoms with E-state index in [1.807, 2.05) is 73.9 Å². The van der Waals surface area contributed by atoms with Crippen LogP contribution in [0.4, 0.5) is 4.79 Å². The number of aryl methyl sites for hydroxylation is 1. The topological polar surface area (TPSA) is 88.8 Å². The van der Waals surface area contributed by atoms with Crippen molar-refractivity contribution in [3.63, 3.8) is 0 Å². The number of nitrogens with zero attached hydrogens (tertiary/aromatic N) is 4. The number of aromatic nitrogens is 2. The van der Waals surface area contributed by atoms with E-state index in [9.17, 15) is 9.59 Å². The van der Waals surface area contributed by atoms with Crippen LogP contribution in [0, 0.1) is 6.92 Å². The molecule has 174 valence electrons. The highest BCUT2D eigenvalue weighted by Gasteiger charge is 2.47. The zero-order valence-electron chi connectivity index (χ0n) is 18.9. The first-order valence-corrected chi connectivity index (χ1v) is 12.0. The number of imide groups is 1. The third-order valence-electron chi connectivity index (χ3n) is 5.82. The van der Waals surface area contributed by atoms with E-state index in [2.05, 4.69) is 10.1 Å². The first-order valence-electron chi connectivity index (χ1n) is 11.1. The molecule has 3 amide bonds. The van der Waals surface area contributed by atoms with Gasteiger partial charge in [-0.1, -0.05) is 53.2 Å². The average molecular weight is 477 g/mol. The van der Waals surface area contributed by atoms with Crippen LogP contribution in [0.2, 0.25) is 0 Å². The molecule has 0 saturated carbocycles. The van der Waals surface area contributed by atoms with Crippen LogP contribution in [0.5, 0.6) is 5.75 Å². The molecule has 3 aromatic rings. The summed E-state index contributed by atoms with van der Waals surface area (Å²) < 4.78 is 11.2. The normalized spacial score (nSPS) is 19.6. The summed E-state index contributed by atoms with van der Waals surface area (Å²) in [4.78, 5) is 34.0. The van der Waals surface area contributed by atoms with E-state index in [1.54, 1.807) is 4.90 Å². The molecule has 0 N–H and O–H groups in total. The van der Waals surface area contributed by atoms with Crippen LogP contribution >= 0.6 is 11.8 Å². The molecule has 2 aromatic carbocycles. The lowest BCUT2D eigenvalue weighted by atomic mass is 10.1. The first kappa shape index (κ1) is 22.2. The van der Waals surface area contributed by atoms with Gasteiger partial charge in [-0.25, -0.2) is 4.79 Å². The zero-order valence-corrected chi connectivity index (χ0v) is 19.7. The monoisotopic (exact) mass is 476 g/mol. The molecule has 2 aliphatic heterocycles. The van der Waals surface area contributed by atoms with Crippen molar-refractivity contribution in [1.82, 2.24) is 19.9 Å². The summed E-state index contributed by atoms with van der Waals surface area (Å²) in [5.41, 5.74) is 2.74. The van der Waals surface area contributed by atoms with E-state index >= 15 is 0 Å². The number of urea groups is 1. The van der Waals surface area contributed by atoms with Gasteiger partial charge in [0, 0.05) is 0 Å². The molecule has 1 fully saturated rings. The van der Waals surface area contributed by atoms with Crippen molar-refractivity contribution in [2.75, 3.05) is 6.61 Å². The Kier molecular flexibility index (Phi) is 6.10. The standard InChI is InChI=1S/C25H24N4O4S/c1-3-32-20-7-5-4-6-18(20)23-26-21(33-27-23)15-28-19-12-13-34-22(19)24(30)29(25(28)31)14-17-10-8-16(2)9-11-17/h4-13,19,22H,3,14-15H2,1-2H3. The van der Waals surface area contributed by atoms with Gasteiger partial charge in [0.2, 0.25) is 17.6 Å².